The third-order valence-electron chi connectivity index (χ3n) is 5.28. The maximum Gasteiger partial charge on any atom is 0.242 e. The minimum absolute atomic E-state index is 0.150. The first-order valence-corrected chi connectivity index (χ1v) is 11.6. The molecule has 0 saturated heterocycles. The van der Waals surface area contributed by atoms with Crippen molar-refractivity contribution < 1.29 is 19.1 Å². The summed E-state index contributed by atoms with van der Waals surface area (Å²) in [7, 11) is 3.15. The topological polar surface area (TPSA) is 67.9 Å². The van der Waals surface area contributed by atoms with Crippen LogP contribution in [-0.4, -0.2) is 43.5 Å². The molecule has 1 atom stereocenters. The van der Waals surface area contributed by atoms with Gasteiger partial charge in [0.15, 0.2) is 11.5 Å². The van der Waals surface area contributed by atoms with E-state index in [9.17, 15) is 9.59 Å². The maximum atomic E-state index is 13.3. The van der Waals surface area contributed by atoms with Crippen LogP contribution >= 0.6 is 23.2 Å². The average Bonchev–Trinajstić information content (AvgIpc) is 2.79. The van der Waals surface area contributed by atoms with Gasteiger partial charge in [-0.05, 0) is 54.7 Å². The van der Waals surface area contributed by atoms with E-state index in [1.807, 2.05) is 32.0 Å². The van der Waals surface area contributed by atoms with Crippen molar-refractivity contribution in [3.8, 4) is 11.5 Å². The van der Waals surface area contributed by atoms with Crippen molar-refractivity contribution in [3.63, 3.8) is 0 Å². The van der Waals surface area contributed by atoms with Crippen LogP contribution in [-0.2, 0) is 22.6 Å². The van der Waals surface area contributed by atoms with E-state index in [1.54, 1.807) is 44.2 Å². The number of aryl methyl sites for hydroxylation is 1. The highest BCUT2D eigenvalue weighted by atomic mass is 35.5. The summed E-state index contributed by atoms with van der Waals surface area (Å²) in [4.78, 5) is 27.6. The van der Waals surface area contributed by atoms with Gasteiger partial charge in [0.25, 0.3) is 0 Å². The summed E-state index contributed by atoms with van der Waals surface area (Å²) in [6.07, 6.45) is 0.715. The van der Waals surface area contributed by atoms with Gasteiger partial charge in [-0.2, -0.15) is 0 Å². The van der Waals surface area contributed by atoms with Gasteiger partial charge in [-0.1, -0.05) is 49.2 Å². The summed E-state index contributed by atoms with van der Waals surface area (Å²) in [5.41, 5.74) is 1.66. The number of nitrogens with one attached hydrogen (secondary N) is 1. The molecule has 0 aromatic heterocycles. The first kappa shape index (κ1) is 26.8. The zero-order valence-corrected chi connectivity index (χ0v) is 21.3. The lowest BCUT2D eigenvalue weighted by molar-refractivity contribution is -0.140. The van der Waals surface area contributed by atoms with Crippen molar-refractivity contribution in [2.45, 2.75) is 46.2 Å². The van der Waals surface area contributed by atoms with Gasteiger partial charge in [-0.3, -0.25) is 9.59 Å². The Morgan fingerprint density at radius 1 is 1.00 bits per heavy atom. The first-order chi connectivity index (χ1) is 15.7. The highest BCUT2D eigenvalue weighted by Crippen LogP contribution is 2.28. The molecule has 2 aromatic rings. The standard InChI is InChI=1S/C25H32Cl2N2O4/c1-16(2)14-28-25(31)17(3)29(15-19-8-9-20(26)13-21(19)27)24(30)11-7-18-6-10-22(32-4)23(12-18)33-5/h6,8-10,12-13,16-17H,7,11,14-15H2,1-5H3,(H,28,31)/t17-/m1/s1. The summed E-state index contributed by atoms with van der Waals surface area (Å²) in [5.74, 6) is 1.19. The normalized spacial score (nSPS) is 11.8. The number of carbonyl (C=O) groups is 2. The lowest BCUT2D eigenvalue weighted by Gasteiger charge is -2.29. The molecule has 0 spiro atoms. The minimum atomic E-state index is -0.659. The lowest BCUT2D eigenvalue weighted by Crippen LogP contribution is -2.48. The van der Waals surface area contributed by atoms with Crippen LogP contribution in [0.4, 0.5) is 0 Å². The van der Waals surface area contributed by atoms with E-state index in [-0.39, 0.29) is 24.8 Å². The molecule has 0 unspecified atom stereocenters. The van der Waals surface area contributed by atoms with E-state index < -0.39 is 6.04 Å². The molecular formula is C25H32Cl2N2O4. The molecule has 180 valence electrons. The molecule has 8 heteroatoms. The Kier molecular flexibility index (Phi) is 10.3. The second kappa shape index (κ2) is 12.7. The number of hydrogen-bond acceptors (Lipinski definition) is 4. The zero-order valence-electron chi connectivity index (χ0n) is 19.8. The van der Waals surface area contributed by atoms with Crippen molar-refractivity contribution in [1.82, 2.24) is 10.2 Å². The SMILES string of the molecule is COc1ccc(CCC(=O)N(Cc2ccc(Cl)cc2Cl)[C@H](C)C(=O)NCC(C)C)cc1OC. The minimum Gasteiger partial charge on any atom is -0.493 e. The van der Waals surface area contributed by atoms with Gasteiger partial charge < -0.3 is 19.7 Å². The Morgan fingerprint density at radius 3 is 2.30 bits per heavy atom. The number of halogens is 2. The van der Waals surface area contributed by atoms with Crippen molar-refractivity contribution in [2.24, 2.45) is 5.92 Å². The van der Waals surface area contributed by atoms with Gasteiger partial charge in [0.2, 0.25) is 11.8 Å². The molecule has 2 rings (SSSR count). The van der Waals surface area contributed by atoms with Crippen LogP contribution in [0.15, 0.2) is 36.4 Å². The molecule has 0 radical (unpaired) electrons. The van der Waals surface area contributed by atoms with Crippen LogP contribution in [0.2, 0.25) is 10.0 Å². The maximum absolute atomic E-state index is 13.3. The van der Waals surface area contributed by atoms with Crippen LogP contribution < -0.4 is 14.8 Å². The summed E-state index contributed by atoms with van der Waals surface area (Å²) >= 11 is 12.4. The van der Waals surface area contributed by atoms with E-state index in [0.29, 0.717) is 40.4 Å². The van der Waals surface area contributed by atoms with E-state index in [1.165, 1.54) is 0 Å². The van der Waals surface area contributed by atoms with Gasteiger partial charge in [0.1, 0.15) is 6.04 Å². The third-order valence-corrected chi connectivity index (χ3v) is 5.87. The summed E-state index contributed by atoms with van der Waals surface area (Å²) in [6.45, 7) is 6.51. The van der Waals surface area contributed by atoms with Crippen LogP contribution in [0, 0.1) is 5.92 Å². The van der Waals surface area contributed by atoms with Gasteiger partial charge in [-0.15, -0.1) is 0 Å². The van der Waals surface area contributed by atoms with E-state index >= 15 is 0 Å². The number of benzene rings is 2. The predicted octanol–water partition coefficient (Wildman–Crippen LogP) is 5.13. The Morgan fingerprint density at radius 2 is 1.70 bits per heavy atom. The van der Waals surface area contributed by atoms with Gasteiger partial charge in [0.05, 0.1) is 14.2 Å². The zero-order chi connectivity index (χ0) is 24.5. The predicted molar refractivity (Wildman–Crippen MR) is 132 cm³/mol. The van der Waals surface area contributed by atoms with Crippen LogP contribution in [0.25, 0.3) is 0 Å². The Labute approximate surface area is 206 Å². The van der Waals surface area contributed by atoms with Gasteiger partial charge >= 0.3 is 0 Å². The second-order valence-electron chi connectivity index (χ2n) is 8.26. The van der Waals surface area contributed by atoms with E-state index in [4.69, 9.17) is 32.7 Å². The largest absolute Gasteiger partial charge is 0.493 e. The summed E-state index contributed by atoms with van der Waals surface area (Å²) in [5, 5.41) is 3.88. The van der Waals surface area contributed by atoms with Crippen molar-refractivity contribution in [2.75, 3.05) is 20.8 Å². The molecule has 0 fully saturated rings. The van der Waals surface area contributed by atoms with E-state index in [0.717, 1.165) is 11.1 Å². The average molecular weight is 495 g/mol. The molecule has 0 saturated carbocycles. The van der Waals surface area contributed by atoms with Gasteiger partial charge in [0, 0.05) is 29.6 Å². The molecular weight excluding hydrogens is 463 g/mol. The fraction of sp³-hybridized carbons (Fsp3) is 0.440. The van der Waals surface area contributed by atoms with Gasteiger partial charge in [-0.25, -0.2) is 0 Å². The second-order valence-corrected chi connectivity index (χ2v) is 9.11. The molecule has 0 heterocycles. The quantitative estimate of drug-likeness (QED) is 0.469. The summed E-state index contributed by atoms with van der Waals surface area (Å²) in [6, 6.07) is 10.0. The molecule has 6 nitrogen and oxygen atoms in total. The van der Waals surface area contributed by atoms with Crippen LogP contribution in [0.1, 0.15) is 38.3 Å². The van der Waals surface area contributed by atoms with Crippen molar-refractivity contribution >= 4 is 35.0 Å². The molecule has 1 N–H and O–H groups in total. The fourth-order valence-corrected chi connectivity index (χ4v) is 3.77. The number of rotatable bonds is 11. The Balaban J connectivity index is 2.20. The number of hydrogen-bond donors (Lipinski definition) is 1. The number of methoxy groups -OCH3 is 2. The first-order valence-electron chi connectivity index (χ1n) is 10.9. The number of carbonyl (C=O) groups excluding carboxylic acids is 2. The molecule has 33 heavy (non-hydrogen) atoms. The summed E-state index contributed by atoms with van der Waals surface area (Å²) < 4.78 is 10.6. The molecule has 0 aliphatic heterocycles. The Bertz CT molecular complexity index is 965. The number of nitrogens with zero attached hydrogens (tertiary/aromatic N) is 1. The molecule has 0 aliphatic rings. The molecule has 0 bridgehead atoms. The Hall–Kier alpha value is -2.44. The lowest BCUT2D eigenvalue weighted by atomic mass is 10.1. The highest BCUT2D eigenvalue weighted by Gasteiger charge is 2.26. The monoisotopic (exact) mass is 494 g/mol. The fourth-order valence-electron chi connectivity index (χ4n) is 3.30. The van der Waals surface area contributed by atoms with Crippen LogP contribution in [0.5, 0.6) is 11.5 Å². The van der Waals surface area contributed by atoms with Crippen molar-refractivity contribution in [1.29, 1.82) is 0 Å². The van der Waals surface area contributed by atoms with Crippen LogP contribution in [0.3, 0.4) is 0 Å². The molecule has 2 aromatic carbocycles. The number of ether oxygens (including phenoxy) is 2. The smallest absolute Gasteiger partial charge is 0.242 e. The molecule has 0 aliphatic carbocycles. The van der Waals surface area contributed by atoms with Crippen molar-refractivity contribution in [3.05, 3.63) is 57.6 Å². The number of amides is 2. The third kappa shape index (κ3) is 7.83. The van der Waals surface area contributed by atoms with E-state index in [2.05, 4.69) is 5.32 Å². The molecule has 2 amide bonds. The highest BCUT2D eigenvalue weighted by molar-refractivity contribution is 6.35.